The van der Waals surface area contributed by atoms with E-state index in [1.165, 1.54) is 0 Å². The van der Waals surface area contributed by atoms with Crippen LogP contribution in [0.2, 0.25) is 0 Å². The molecule has 4 heteroatoms. The van der Waals surface area contributed by atoms with Gasteiger partial charge in [-0.3, -0.25) is 4.79 Å². The zero-order valence-electron chi connectivity index (χ0n) is 10.2. The van der Waals surface area contributed by atoms with Crippen molar-refractivity contribution in [1.82, 2.24) is 5.32 Å². The molecule has 0 aliphatic carbocycles. The lowest BCUT2D eigenvalue weighted by Gasteiger charge is -2.14. The Hall–Kier alpha value is -1.03. The molecule has 1 atom stereocenters. The van der Waals surface area contributed by atoms with Gasteiger partial charge >= 0.3 is 0 Å². The molecule has 0 radical (unpaired) electrons. The van der Waals surface area contributed by atoms with Crippen molar-refractivity contribution in [3.63, 3.8) is 0 Å². The molecule has 94 valence electrons. The topological polar surface area (TPSA) is 49.3 Å². The summed E-state index contributed by atoms with van der Waals surface area (Å²) in [5, 5.41) is 13.6. The van der Waals surface area contributed by atoms with Gasteiger partial charge < -0.3 is 10.4 Å². The third-order valence-electron chi connectivity index (χ3n) is 2.63. The summed E-state index contributed by atoms with van der Waals surface area (Å²) in [6, 6.07) is 5.29. The number of carbonyl (C=O) groups is 1. The highest BCUT2D eigenvalue weighted by atomic mass is 79.9. The minimum atomic E-state index is -0.215. The van der Waals surface area contributed by atoms with Crippen LogP contribution in [0.1, 0.15) is 35.7 Å². The van der Waals surface area contributed by atoms with Crippen molar-refractivity contribution in [3.05, 3.63) is 29.3 Å². The van der Waals surface area contributed by atoms with Crippen molar-refractivity contribution in [2.45, 2.75) is 32.7 Å². The molecule has 0 aliphatic heterocycles. The summed E-state index contributed by atoms with van der Waals surface area (Å²) >= 11 is 3.36. The Morgan fingerprint density at radius 2 is 2.24 bits per heavy atom. The van der Waals surface area contributed by atoms with E-state index in [-0.39, 0.29) is 17.7 Å². The molecule has 0 aliphatic rings. The standard InChI is InChI=1S/C13H18BrNO2/c1-9-5-3-7-11(12(9)16)13(17)15-10(2)6-4-8-14/h3,5,7,10,16H,4,6,8H2,1-2H3,(H,15,17). The third kappa shape index (κ3) is 4.04. The fraction of sp³-hybridized carbons (Fsp3) is 0.462. The van der Waals surface area contributed by atoms with Crippen molar-refractivity contribution in [2.24, 2.45) is 0 Å². The molecule has 1 aromatic carbocycles. The number of hydrogen-bond acceptors (Lipinski definition) is 2. The van der Waals surface area contributed by atoms with E-state index in [0.717, 1.165) is 18.2 Å². The Bertz CT molecular complexity index is 393. The second kappa shape index (κ2) is 6.64. The summed E-state index contributed by atoms with van der Waals surface area (Å²) in [6.07, 6.45) is 1.94. The molecule has 0 aromatic heterocycles. The molecule has 0 fully saturated rings. The van der Waals surface area contributed by atoms with Crippen LogP contribution in [-0.4, -0.2) is 22.4 Å². The third-order valence-corrected chi connectivity index (χ3v) is 3.19. The molecule has 1 aromatic rings. The van der Waals surface area contributed by atoms with Crippen molar-refractivity contribution < 1.29 is 9.90 Å². The zero-order valence-corrected chi connectivity index (χ0v) is 11.8. The quantitative estimate of drug-likeness (QED) is 0.821. The summed E-state index contributed by atoms with van der Waals surface area (Å²) in [6.45, 7) is 3.74. The number of hydrogen-bond donors (Lipinski definition) is 2. The van der Waals surface area contributed by atoms with Crippen LogP contribution >= 0.6 is 15.9 Å². The number of amides is 1. The molecule has 0 saturated carbocycles. The number of benzene rings is 1. The molecule has 0 spiro atoms. The molecule has 17 heavy (non-hydrogen) atoms. The fourth-order valence-corrected chi connectivity index (χ4v) is 1.92. The van der Waals surface area contributed by atoms with Gasteiger partial charge in [-0.25, -0.2) is 0 Å². The summed E-state index contributed by atoms with van der Waals surface area (Å²) in [5.74, 6) is -0.147. The first-order chi connectivity index (χ1) is 8.06. The average Bonchev–Trinajstić information content (AvgIpc) is 2.29. The van der Waals surface area contributed by atoms with Crippen LogP contribution in [0.25, 0.3) is 0 Å². The van der Waals surface area contributed by atoms with E-state index in [2.05, 4.69) is 21.2 Å². The van der Waals surface area contributed by atoms with Crippen molar-refractivity contribution >= 4 is 21.8 Å². The van der Waals surface area contributed by atoms with E-state index in [9.17, 15) is 9.90 Å². The Balaban J connectivity index is 2.67. The second-order valence-electron chi connectivity index (χ2n) is 4.18. The van der Waals surface area contributed by atoms with E-state index in [0.29, 0.717) is 11.1 Å². The Morgan fingerprint density at radius 3 is 2.88 bits per heavy atom. The number of halogens is 1. The molecular weight excluding hydrogens is 282 g/mol. The molecule has 1 amide bonds. The summed E-state index contributed by atoms with van der Waals surface area (Å²) in [5.41, 5.74) is 1.06. The number of phenols is 1. The number of rotatable bonds is 5. The minimum absolute atomic E-state index is 0.0673. The molecule has 0 heterocycles. The number of alkyl halides is 1. The van der Waals surface area contributed by atoms with Crippen LogP contribution in [-0.2, 0) is 0 Å². The lowest BCUT2D eigenvalue weighted by Crippen LogP contribution is -2.32. The van der Waals surface area contributed by atoms with Gasteiger partial charge in [-0.2, -0.15) is 0 Å². The van der Waals surface area contributed by atoms with Gasteiger partial charge in [-0.05, 0) is 38.3 Å². The number of phenolic OH excluding ortho intramolecular Hbond substituents is 1. The molecular formula is C13H18BrNO2. The van der Waals surface area contributed by atoms with Crippen LogP contribution in [0.15, 0.2) is 18.2 Å². The first-order valence-corrected chi connectivity index (χ1v) is 6.83. The SMILES string of the molecule is Cc1cccc(C(=O)NC(C)CCCBr)c1O. The van der Waals surface area contributed by atoms with Crippen molar-refractivity contribution in [1.29, 1.82) is 0 Å². The van der Waals surface area contributed by atoms with Gasteiger partial charge in [0.15, 0.2) is 0 Å². The molecule has 2 N–H and O–H groups in total. The van der Waals surface area contributed by atoms with Crippen molar-refractivity contribution in [2.75, 3.05) is 5.33 Å². The predicted octanol–water partition coefficient (Wildman–Crippen LogP) is 2.99. The average molecular weight is 300 g/mol. The Labute approximate surface area is 110 Å². The first-order valence-electron chi connectivity index (χ1n) is 5.71. The molecule has 3 nitrogen and oxygen atoms in total. The van der Waals surface area contributed by atoms with E-state index in [4.69, 9.17) is 0 Å². The number of para-hydroxylation sites is 1. The van der Waals surface area contributed by atoms with Gasteiger partial charge in [-0.15, -0.1) is 0 Å². The van der Waals surface area contributed by atoms with Gasteiger partial charge in [0.1, 0.15) is 5.75 Å². The van der Waals surface area contributed by atoms with Crippen LogP contribution in [0.3, 0.4) is 0 Å². The van der Waals surface area contributed by atoms with Gasteiger partial charge in [0.2, 0.25) is 0 Å². The zero-order chi connectivity index (χ0) is 12.8. The number of aryl methyl sites for hydroxylation is 1. The smallest absolute Gasteiger partial charge is 0.255 e. The Kier molecular flexibility index (Phi) is 5.48. The van der Waals surface area contributed by atoms with Crippen LogP contribution in [0.4, 0.5) is 0 Å². The summed E-state index contributed by atoms with van der Waals surface area (Å²) < 4.78 is 0. The first kappa shape index (κ1) is 14.0. The lowest BCUT2D eigenvalue weighted by atomic mass is 10.1. The maximum absolute atomic E-state index is 11.9. The van der Waals surface area contributed by atoms with Crippen LogP contribution in [0.5, 0.6) is 5.75 Å². The van der Waals surface area contributed by atoms with Gasteiger partial charge in [0, 0.05) is 11.4 Å². The van der Waals surface area contributed by atoms with E-state index >= 15 is 0 Å². The molecule has 1 unspecified atom stereocenters. The number of carbonyl (C=O) groups excluding carboxylic acids is 1. The van der Waals surface area contributed by atoms with Gasteiger partial charge in [0.25, 0.3) is 5.91 Å². The maximum Gasteiger partial charge on any atom is 0.255 e. The normalized spacial score (nSPS) is 12.2. The highest BCUT2D eigenvalue weighted by molar-refractivity contribution is 9.09. The minimum Gasteiger partial charge on any atom is -0.507 e. The van der Waals surface area contributed by atoms with E-state index in [1.54, 1.807) is 25.1 Å². The second-order valence-corrected chi connectivity index (χ2v) is 4.97. The maximum atomic E-state index is 11.9. The monoisotopic (exact) mass is 299 g/mol. The molecule has 1 rings (SSSR count). The van der Waals surface area contributed by atoms with Crippen molar-refractivity contribution in [3.8, 4) is 5.75 Å². The molecule has 0 saturated heterocycles. The highest BCUT2D eigenvalue weighted by Crippen LogP contribution is 2.21. The predicted molar refractivity (Wildman–Crippen MR) is 72.8 cm³/mol. The van der Waals surface area contributed by atoms with Gasteiger partial charge in [-0.1, -0.05) is 28.1 Å². The number of nitrogens with one attached hydrogen (secondary N) is 1. The van der Waals surface area contributed by atoms with E-state index < -0.39 is 0 Å². The summed E-state index contributed by atoms with van der Waals surface area (Å²) in [4.78, 5) is 11.9. The highest BCUT2D eigenvalue weighted by Gasteiger charge is 2.14. The fourth-order valence-electron chi connectivity index (χ4n) is 1.60. The van der Waals surface area contributed by atoms with Gasteiger partial charge in [0.05, 0.1) is 5.56 Å². The van der Waals surface area contributed by atoms with Crippen LogP contribution in [0, 0.1) is 6.92 Å². The largest absolute Gasteiger partial charge is 0.507 e. The van der Waals surface area contributed by atoms with Crippen LogP contribution < -0.4 is 5.32 Å². The summed E-state index contributed by atoms with van der Waals surface area (Å²) in [7, 11) is 0. The van der Waals surface area contributed by atoms with E-state index in [1.807, 2.05) is 6.92 Å². The Morgan fingerprint density at radius 1 is 1.53 bits per heavy atom. The number of aromatic hydroxyl groups is 1. The lowest BCUT2D eigenvalue weighted by molar-refractivity contribution is 0.0935. The molecule has 0 bridgehead atoms.